The van der Waals surface area contributed by atoms with Crippen molar-refractivity contribution in [3.05, 3.63) is 60.2 Å². The number of carbonyl (C=O) groups excluding carboxylic acids is 2. The van der Waals surface area contributed by atoms with Crippen LogP contribution < -0.4 is 10.6 Å². The van der Waals surface area contributed by atoms with Gasteiger partial charge in [-0.3, -0.25) is 4.79 Å². The van der Waals surface area contributed by atoms with E-state index in [2.05, 4.69) is 4.99 Å². The number of anilines is 1. The molecule has 0 unspecified atom stereocenters. The van der Waals surface area contributed by atoms with Crippen LogP contribution in [0.3, 0.4) is 0 Å². The Balaban J connectivity index is 2.17. The topological polar surface area (TPSA) is 88.2 Å². The second-order valence-corrected chi connectivity index (χ2v) is 6.04. The molecule has 0 aromatic heterocycles. The number of nitrogens with two attached hydrogens (primary N) is 1. The number of aliphatic imine (C=N–C) groups is 1. The zero-order chi connectivity index (χ0) is 19.8. The third kappa shape index (κ3) is 5.65. The molecule has 0 heterocycles. The summed E-state index contributed by atoms with van der Waals surface area (Å²) in [5, 5.41) is 0. The Bertz CT molecular complexity index is 802. The summed E-state index contributed by atoms with van der Waals surface area (Å²) in [4.78, 5) is 31.9. The van der Waals surface area contributed by atoms with Crippen molar-refractivity contribution in [3.8, 4) is 0 Å². The van der Waals surface area contributed by atoms with Gasteiger partial charge in [0.1, 0.15) is 12.4 Å². The molecule has 0 aliphatic carbocycles. The molecule has 2 amide bonds. The summed E-state index contributed by atoms with van der Waals surface area (Å²) in [5.41, 5.74) is 7.38. The van der Waals surface area contributed by atoms with Crippen LogP contribution in [-0.2, 0) is 16.1 Å². The Morgan fingerprint density at radius 1 is 1.04 bits per heavy atom. The van der Waals surface area contributed by atoms with Gasteiger partial charge in [-0.2, -0.15) is 0 Å². The van der Waals surface area contributed by atoms with Crippen LogP contribution in [0.2, 0.25) is 0 Å². The molecule has 2 rings (SSSR count). The van der Waals surface area contributed by atoms with Crippen LogP contribution in [0.1, 0.15) is 12.5 Å². The minimum absolute atomic E-state index is 0.0679. The Labute approximate surface area is 159 Å². The summed E-state index contributed by atoms with van der Waals surface area (Å²) in [5.74, 6) is 0.286. The first-order valence-corrected chi connectivity index (χ1v) is 8.48. The average Bonchev–Trinajstić information content (AvgIpc) is 2.68. The van der Waals surface area contributed by atoms with Crippen LogP contribution in [-0.4, -0.2) is 43.4 Å². The predicted molar refractivity (Wildman–Crippen MR) is 106 cm³/mol. The molecule has 142 valence electrons. The van der Waals surface area contributed by atoms with E-state index in [0.717, 1.165) is 16.3 Å². The highest BCUT2D eigenvalue weighted by atomic mass is 16.6. The van der Waals surface area contributed by atoms with Gasteiger partial charge in [0.25, 0.3) is 0 Å². The summed E-state index contributed by atoms with van der Waals surface area (Å²) in [6, 6.07) is 16.0. The number of carbonyl (C=O) groups is 2. The van der Waals surface area contributed by atoms with Gasteiger partial charge in [0, 0.05) is 14.1 Å². The van der Waals surface area contributed by atoms with Gasteiger partial charge in [0.2, 0.25) is 5.91 Å². The maximum absolute atomic E-state index is 12.5. The van der Waals surface area contributed by atoms with Crippen LogP contribution >= 0.6 is 0 Å². The molecule has 0 atom stereocenters. The number of benzene rings is 2. The molecule has 7 nitrogen and oxygen atoms in total. The molecule has 7 heteroatoms. The first-order valence-electron chi connectivity index (χ1n) is 8.48. The fourth-order valence-corrected chi connectivity index (χ4v) is 2.19. The van der Waals surface area contributed by atoms with Gasteiger partial charge in [0.15, 0.2) is 0 Å². The maximum atomic E-state index is 12.5. The standard InChI is InChI=1S/C20H24N4O3/c1-15(23(2)3)22-17-9-11-18(12-10-17)24(19(25)13-21)20(26)27-14-16-7-5-4-6-8-16/h4-12H,13-14,21H2,1-3H3. The van der Waals surface area contributed by atoms with E-state index in [9.17, 15) is 9.59 Å². The second kappa shape index (κ2) is 9.49. The number of ether oxygens (including phenoxy) is 1. The lowest BCUT2D eigenvalue weighted by Crippen LogP contribution is -2.41. The number of nitrogens with zero attached hydrogens (tertiary/aromatic N) is 3. The molecule has 2 aromatic carbocycles. The number of hydrogen-bond donors (Lipinski definition) is 1. The number of imide groups is 1. The number of amidine groups is 1. The minimum Gasteiger partial charge on any atom is -0.444 e. The summed E-state index contributed by atoms with van der Waals surface area (Å²) >= 11 is 0. The summed E-state index contributed by atoms with van der Waals surface area (Å²) in [7, 11) is 3.80. The maximum Gasteiger partial charge on any atom is 0.421 e. The van der Waals surface area contributed by atoms with Crippen LogP contribution in [0, 0.1) is 0 Å². The Morgan fingerprint density at radius 2 is 1.67 bits per heavy atom. The van der Waals surface area contributed by atoms with Crippen molar-refractivity contribution in [1.29, 1.82) is 0 Å². The largest absolute Gasteiger partial charge is 0.444 e. The van der Waals surface area contributed by atoms with Gasteiger partial charge in [-0.05, 0) is 36.8 Å². The Kier molecular flexibility index (Phi) is 7.08. The molecule has 27 heavy (non-hydrogen) atoms. The monoisotopic (exact) mass is 368 g/mol. The van der Waals surface area contributed by atoms with Gasteiger partial charge in [-0.15, -0.1) is 0 Å². The van der Waals surface area contributed by atoms with Crippen molar-refractivity contribution >= 4 is 29.2 Å². The van der Waals surface area contributed by atoms with E-state index in [1.165, 1.54) is 0 Å². The molecule has 2 aromatic rings. The molecule has 0 aliphatic heterocycles. The lowest BCUT2D eigenvalue weighted by molar-refractivity contribution is -0.116. The van der Waals surface area contributed by atoms with E-state index in [4.69, 9.17) is 10.5 Å². The van der Waals surface area contributed by atoms with E-state index in [0.29, 0.717) is 11.4 Å². The summed E-state index contributed by atoms with van der Waals surface area (Å²) < 4.78 is 5.27. The van der Waals surface area contributed by atoms with Crippen molar-refractivity contribution in [2.75, 3.05) is 25.5 Å². The normalized spacial score (nSPS) is 11.0. The van der Waals surface area contributed by atoms with Crippen molar-refractivity contribution in [2.24, 2.45) is 10.7 Å². The van der Waals surface area contributed by atoms with Crippen molar-refractivity contribution in [3.63, 3.8) is 0 Å². The fraction of sp³-hybridized carbons (Fsp3) is 0.250. The zero-order valence-corrected chi connectivity index (χ0v) is 15.8. The molecule has 0 bridgehead atoms. The molecule has 0 radical (unpaired) electrons. The van der Waals surface area contributed by atoms with E-state index in [1.807, 2.05) is 56.3 Å². The predicted octanol–water partition coefficient (Wildman–Crippen LogP) is 2.93. The first-order chi connectivity index (χ1) is 12.9. The summed E-state index contributed by atoms with van der Waals surface area (Å²) in [6.07, 6.45) is -0.768. The van der Waals surface area contributed by atoms with E-state index >= 15 is 0 Å². The highest BCUT2D eigenvalue weighted by Crippen LogP contribution is 2.21. The van der Waals surface area contributed by atoms with Crippen molar-refractivity contribution < 1.29 is 14.3 Å². The zero-order valence-electron chi connectivity index (χ0n) is 15.8. The van der Waals surface area contributed by atoms with Crippen molar-refractivity contribution in [2.45, 2.75) is 13.5 Å². The van der Waals surface area contributed by atoms with Gasteiger partial charge in [0.05, 0.1) is 17.9 Å². The SMILES string of the molecule is CC(=Nc1ccc(N(C(=O)CN)C(=O)OCc2ccccc2)cc1)N(C)C. The van der Waals surface area contributed by atoms with Crippen LogP contribution in [0.25, 0.3) is 0 Å². The molecule has 0 saturated carbocycles. The first kappa shape index (κ1) is 20.1. The average molecular weight is 368 g/mol. The van der Waals surface area contributed by atoms with Gasteiger partial charge < -0.3 is 15.4 Å². The molecule has 0 fully saturated rings. The smallest absolute Gasteiger partial charge is 0.421 e. The lowest BCUT2D eigenvalue weighted by atomic mass is 10.2. The number of rotatable bonds is 5. The third-order valence-corrected chi connectivity index (χ3v) is 3.86. The highest BCUT2D eigenvalue weighted by molar-refractivity contribution is 6.13. The lowest BCUT2D eigenvalue weighted by Gasteiger charge is -2.20. The van der Waals surface area contributed by atoms with Crippen LogP contribution in [0.15, 0.2) is 59.6 Å². The number of hydrogen-bond acceptors (Lipinski definition) is 5. The molecular weight excluding hydrogens is 344 g/mol. The van der Waals surface area contributed by atoms with E-state index in [-0.39, 0.29) is 13.2 Å². The Hall–Kier alpha value is -3.19. The molecular formula is C20H24N4O3. The molecule has 2 N–H and O–H groups in total. The van der Waals surface area contributed by atoms with Crippen LogP contribution in [0.5, 0.6) is 0 Å². The summed E-state index contributed by atoms with van der Waals surface area (Å²) in [6.45, 7) is 1.65. The minimum atomic E-state index is -0.768. The van der Waals surface area contributed by atoms with E-state index < -0.39 is 12.0 Å². The van der Waals surface area contributed by atoms with Gasteiger partial charge in [-0.1, -0.05) is 30.3 Å². The quantitative estimate of drug-likeness (QED) is 0.647. The van der Waals surface area contributed by atoms with E-state index in [1.54, 1.807) is 24.3 Å². The van der Waals surface area contributed by atoms with Gasteiger partial charge in [-0.25, -0.2) is 14.7 Å². The highest BCUT2D eigenvalue weighted by Gasteiger charge is 2.24. The fourth-order valence-electron chi connectivity index (χ4n) is 2.19. The van der Waals surface area contributed by atoms with Crippen molar-refractivity contribution in [1.82, 2.24) is 4.90 Å². The van der Waals surface area contributed by atoms with Crippen LogP contribution in [0.4, 0.5) is 16.2 Å². The van der Waals surface area contributed by atoms with Gasteiger partial charge >= 0.3 is 6.09 Å². The second-order valence-electron chi connectivity index (χ2n) is 6.04. The molecule has 0 spiro atoms. The Morgan fingerprint density at radius 3 is 2.22 bits per heavy atom. The third-order valence-electron chi connectivity index (χ3n) is 3.86. The molecule has 0 saturated heterocycles. The number of amides is 2. The molecule has 0 aliphatic rings.